The van der Waals surface area contributed by atoms with E-state index in [1.807, 2.05) is 6.07 Å². The molecular formula is C12H14F3NO. The maximum Gasteiger partial charge on any atom is 0.573 e. The fraction of sp³-hybridized carbons (Fsp3) is 0.500. The molecule has 2 rings (SSSR count). The van der Waals surface area contributed by atoms with Gasteiger partial charge in [0.05, 0.1) is 0 Å². The third kappa shape index (κ3) is 3.12. The van der Waals surface area contributed by atoms with Gasteiger partial charge < -0.3 is 10.5 Å². The summed E-state index contributed by atoms with van der Waals surface area (Å²) in [5.74, 6) is 0.543. The van der Waals surface area contributed by atoms with Crippen molar-refractivity contribution in [1.82, 2.24) is 0 Å². The Hall–Kier alpha value is -1.23. The molecule has 0 spiro atoms. The van der Waals surface area contributed by atoms with E-state index in [4.69, 9.17) is 5.73 Å². The standard InChI is InChI=1S/C12H14F3NO/c1-7-2-8(11-5-9(11)6-16)4-10(3-7)17-12(13,14)15/h2-4,9,11H,5-6,16H2,1H3. The fourth-order valence-corrected chi connectivity index (χ4v) is 2.10. The van der Waals surface area contributed by atoms with Crippen molar-refractivity contribution in [2.75, 3.05) is 6.54 Å². The van der Waals surface area contributed by atoms with Gasteiger partial charge in [-0.3, -0.25) is 0 Å². The zero-order valence-electron chi connectivity index (χ0n) is 9.42. The van der Waals surface area contributed by atoms with Crippen LogP contribution in [0, 0.1) is 12.8 Å². The van der Waals surface area contributed by atoms with Crippen molar-refractivity contribution in [1.29, 1.82) is 0 Å². The predicted molar refractivity (Wildman–Crippen MR) is 57.8 cm³/mol. The Morgan fingerprint density at radius 2 is 2.06 bits per heavy atom. The highest BCUT2D eigenvalue weighted by Gasteiger charge is 2.38. The smallest absolute Gasteiger partial charge is 0.406 e. The Labute approximate surface area is 97.6 Å². The number of aryl methyl sites for hydroxylation is 1. The summed E-state index contributed by atoms with van der Waals surface area (Å²) in [4.78, 5) is 0. The molecule has 1 aromatic carbocycles. The van der Waals surface area contributed by atoms with Gasteiger partial charge in [-0.2, -0.15) is 0 Å². The van der Waals surface area contributed by atoms with Gasteiger partial charge in [-0.25, -0.2) is 0 Å². The van der Waals surface area contributed by atoms with Crippen molar-refractivity contribution in [3.8, 4) is 5.75 Å². The molecule has 1 fully saturated rings. The average Bonchev–Trinajstić information content (AvgIpc) is 2.92. The molecule has 17 heavy (non-hydrogen) atoms. The lowest BCUT2D eigenvalue weighted by atomic mass is 10.1. The maximum atomic E-state index is 12.1. The molecular weight excluding hydrogens is 231 g/mol. The molecule has 0 amide bonds. The summed E-state index contributed by atoms with van der Waals surface area (Å²) in [5.41, 5.74) is 7.18. The first-order valence-corrected chi connectivity index (χ1v) is 5.46. The Balaban J connectivity index is 2.18. The summed E-state index contributed by atoms with van der Waals surface area (Å²) in [5, 5.41) is 0. The lowest BCUT2D eigenvalue weighted by molar-refractivity contribution is -0.274. The molecule has 1 aromatic rings. The van der Waals surface area contributed by atoms with Crippen molar-refractivity contribution in [3.05, 3.63) is 29.3 Å². The van der Waals surface area contributed by atoms with Crippen molar-refractivity contribution in [3.63, 3.8) is 0 Å². The highest BCUT2D eigenvalue weighted by atomic mass is 19.4. The Morgan fingerprint density at radius 1 is 1.35 bits per heavy atom. The summed E-state index contributed by atoms with van der Waals surface area (Å²) in [7, 11) is 0. The second-order valence-corrected chi connectivity index (χ2v) is 4.47. The van der Waals surface area contributed by atoms with Crippen LogP contribution in [0.2, 0.25) is 0 Å². The minimum atomic E-state index is -4.64. The molecule has 0 radical (unpaired) electrons. The quantitative estimate of drug-likeness (QED) is 0.888. The van der Waals surface area contributed by atoms with E-state index in [0.717, 1.165) is 17.5 Å². The third-order valence-corrected chi connectivity index (χ3v) is 2.96. The summed E-state index contributed by atoms with van der Waals surface area (Å²) >= 11 is 0. The van der Waals surface area contributed by atoms with Crippen LogP contribution in [0.25, 0.3) is 0 Å². The van der Waals surface area contributed by atoms with Crippen LogP contribution in [0.3, 0.4) is 0 Å². The summed E-state index contributed by atoms with van der Waals surface area (Å²) in [6.07, 6.45) is -3.69. The van der Waals surface area contributed by atoms with Crippen LogP contribution in [0.15, 0.2) is 18.2 Å². The second-order valence-electron chi connectivity index (χ2n) is 4.47. The molecule has 0 saturated heterocycles. The molecule has 94 valence electrons. The van der Waals surface area contributed by atoms with Crippen molar-refractivity contribution in [2.45, 2.75) is 25.6 Å². The number of alkyl halides is 3. The Bertz CT molecular complexity index is 417. The topological polar surface area (TPSA) is 35.2 Å². The lowest BCUT2D eigenvalue weighted by Crippen LogP contribution is -2.17. The van der Waals surface area contributed by atoms with E-state index in [2.05, 4.69) is 4.74 Å². The molecule has 2 atom stereocenters. The monoisotopic (exact) mass is 245 g/mol. The highest BCUT2D eigenvalue weighted by Crippen LogP contribution is 2.47. The van der Waals surface area contributed by atoms with Gasteiger partial charge >= 0.3 is 6.36 Å². The van der Waals surface area contributed by atoms with E-state index in [0.29, 0.717) is 12.5 Å². The molecule has 2 nitrogen and oxygen atoms in total. The molecule has 2 N–H and O–H groups in total. The highest BCUT2D eigenvalue weighted by molar-refractivity contribution is 5.38. The van der Waals surface area contributed by atoms with Crippen LogP contribution in [-0.4, -0.2) is 12.9 Å². The molecule has 1 aliphatic carbocycles. The van der Waals surface area contributed by atoms with E-state index in [1.54, 1.807) is 6.92 Å². The third-order valence-electron chi connectivity index (χ3n) is 2.96. The summed E-state index contributed by atoms with van der Waals surface area (Å²) < 4.78 is 40.3. The first-order valence-electron chi connectivity index (χ1n) is 5.46. The van der Waals surface area contributed by atoms with Gasteiger partial charge in [-0.1, -0.05) is 6.07 Å². The molecule has 0 heterocycles. The van der Waals surface area contributed by atoms with E-state index < -0.39 is 6.36 Å². The molecule has 0 bridgehead atoms. The molecule has 1 saturated carbocycles. The molecule has 5 heteroatoms. The SMILES string of the molecule is Cc1cc(OC(F)(F)F)cc(C2CC2CN)c1. The average molecular weight is 245 g/mol. The van der Waals surface area contributed by atoms with Crippen LogP contribution in [-0.2, 0) is 0 Å². The van der Waals surface area contributed by atoms with E-state index in [1.165, 1.54) is 12.1 Å². The van der Waals surface area contributed by atoms with Gasteiger partial charge in [0.15, 0.2) is 0 Å². The van der Waals surface area contributed by atoms with Crippen LogP contribution in [0.5, 0.6) is 5.75 Å². The van der Waals surface area contributed by atoms with Crippen LogP contribution in [0.1, 0.15) is 23.5 Å². The largest absolute Gasteiger partial charge is 0.573 e. The number of benzene rings is 1. The van der Waals surface area contributed by atoms with E-state index >= 15 is 0 Å². The first kappa shape index (κ1) is 12.2. The number of ether oxygens (including phenoxy) is 1. The van der Waals surface area contributed by atoms with Crippen LogP contribution >= 0.6 is 0 Å². The summed E-state index contributed by atoms with van der Waals surface area (Å²) in [6, 6.07) is 4.74. The zero-order chi connectivity index (χ0) is 12.6. The van der Waals surface area contributed by atoms with Crippen molar-refractivity contribution in [2.24, 2.45) is 11.7 Å². The number of hydrogen-bond acceptors (Lipinski definition) is 2. The first-order chi connectivity index (χ1) is 7.89. The van der Waals surface area contributed by atoms with Gasteiger partial charge in [0, 0.05) is 0 Å². The van der Waals surface area contributed by atoms with Gasteiger partial charge in [0.25, 0.3) is 0 Å². The number of nitrogens with two attached hydrogens (primary N) is 1. The molecule has 1 aliphatic rings. The van der Waals surface area contributed by atoms with Gasteiger partial charge in [-0.05, 0) is 55.0 Å². The van der Waals surface area contributed by atoms with E-state index in [-0.39, 0.29) is 11.7 Å². The van der Waals surface area contributed by atoms with Crippen molar-refractivity contribution >= 4 is 0 Å². The lowest BCUT2D eigenvalue weighted by Gasteiger charge is -2.11. The summed E-state index contributed by atoms with van der Waals surface area (Å²) in [6.45, 7) is 2.33. The fourth-order valence-electron chi connectivity index (χ4n) is 2.10. The van der Waals surface area contributed by atoms with Gasteiger partial charge in [0.1, 0.15) is 5.75 Å². The molecule has 0 aliphatic heterocycles. The minimum Gasteiger partial charge on any atom is -0.406 e. The Morgan fingerprint density at radius 3 is 2.59 bits per heavy atom. The van der Waals surface area contributed by atoms with Crippen LogP contribution in [0.4, 0.5) is 13.2 Å². The number of halogens is 3. The number of hydrogen-bond donors (Lipinski definition) is 1. The molecule has 0 aromatic heterocycles. The Kier molecular flexibility index (Phi) is 3.03. The van der Waals surface area contributed by atoms with Gasteiger partial charge in [-0.15, -0.1) is 13.2 Å². The van der Waals surface area contributed by atoms with Crippen LogP contribution < -0.4 is 10.5 Å². The minimum absolute atomic E-state index is 0.143. The van der Waals surface area contributed by atoms with E-state index in [9.17, 15) is 13.2 Å². The number of rotatable bonds is 3. The maximum absolute atomic E-state index is 12.1. The zero-order valence-corrected chi connectivity index (χ0v) is 9.42. The molecule has 2 unspecified atom stereocenters. The van der Waals surface area contributed by atoms with Crippen molar-refractivity contribution < 1.29 is 17.9 Å². The predicted octanol–water partition coefficient (Wildman–Crippen LogP) is 2.96. The second kappa shape index (κ2) is 4.22. The normalized spacial score (nSPS) is 23.6. The van der Waals surface area contributed by atoms with Gasteiger partial charge in [0.2, 0.25) is 0 Å².